The number of aliphatic imine (C=N–C) groups is 1. The zero-order valence-corrected chi connectivity index (χ0v) is 17.2. The minimum Gasteiger partial charge on any atom is -0.490 e. The van der Waals surface area contributed by atoms with E-state index in [1.54, 1.807) is 11.3 Å². The molecule has 1 aliphatic rings. The van der Waals surface area contributed by atoms with Gasteiger partial charge in [0.2, 0.25) is 0 Å². The number of thiazole rings is 1. The average Bonchev–Trinajstić information content (AvgIpc) is 3.11. The van der Waals surface area contributed by atoms with Crippen molar-refractivity contribution in [1.82, 2.24) is 15.6 Å². The fourth-order valence-electron chi connectivity index (χ4n) is 2.68. The summed E-state index contributed by atoms with van der Waals surface area (Å²) < 4.78 is 6.10. The van der Waals surface area contributed by atoms with Gasteiger partial charge in [0.15, 0.2) is 11.1 Å². The third-order valence-electron chi connectivity index (χ3n) is 4.43. The number of rotatable bonds is 8. The molecule has 0 aliphatic heterocycles. The average molecular weight is 388 g/mol. The molecule has 2 aromatic rings. The summed E-state index contributed by atoms with van der Waals surface area (Å²) in [5.74, 6) is 1.74. The van der Waals surface area contributed by atoms with Crippen LogP contribution in [0, 0.1) is 0 Å². The molecule has 1 aromatic carbocycles. The molecule has 2 N–H and O–H groups in total. The van der Waals surface area contributed by atoms with Crippen LogP contribution < -0.4 is 20.3 Å². The first-order chi connectivity index (χ1) is 13.2. The second-order valence-electron chi connectivity index (χ2n) is 6.84. The summed E-state index contributed by atoms with van der Waals surface area (Å²) in [6.07, 6.45) is 3.96. The number of anilines is 1. The van der Waals surface area contributed by atoms with Crippen molar-refractivity contribution in [1.29, 1.82) is 0 Å². The SMILES string of the molecule is CCNC(=NCc1ccccc1OC1CCC1)NCc1csc(N(C)C)n1. The molecule has 0 radical (unpaired) electrons. The predicted octanol–water partition coefficient (Wildman–Crippen LogP) is 3.40. The summed E-state index contributed by atoms with van der Waals surface area (Å²) in [6, 6.07) is 8.19. The van der Waals surface area contributed by atoms with Crippen molar-refractivity contribution in [2.24, 2.45) is 4.99 Å². The predicted molar refractivity (Wildman–Crippen MR) is 113 cm³/mol. The van der Waals surface area contributed by atoms with Gasteiger partial charge >= 0.3 is 0 Å². The molecule has 0 amide bonds. The monoisotopic (exact) mass is 387 g/mol. The Balaban J connectivity index is 1.61. The van der Waals surface area contributed by atoms with Gasteiger partial charge in [-0.3, -0.25) is 0 Å². The van der Waals surface area contributed by atoms with E-state index in [-0.39, 0.29) is 0 Å². The molecule has 0 unspecified atom stereocenters. The molecule has 0 spiro atoms. The van der Waals surface area contributed by atoms with Crippen molar-refractivity contribution in [3.05, 3.63) is 40.9 Å². The van der Waals surface area contributed by atoms with E-state index in [4.69, 9.17) is 9.73 Å². The van der Waals surface area contributed by atoms with E-state index in [2.05, 4.69) is 34.0 Å². The summed E-state index contributed by atoms with van der Waals surface area (Å²) >= 11 is 1.65. The molecule has 7 heteroatoms. The largest absolute Gasteiger partial charge is 0.490 e. The molecule has 1 aliphatic carbocycles. The third-order valence-corrected chi connectivity index (χ3v) is 5.49. The van der Waals surface area contributed by atoms with Crippen LogP contribution in [0.5, 0.6) is 5.75 Å². The van der Waals surface area contributed by atoms with E-state index < -0.39 is 0 Å². The van der Waals surface area contributed by atoms with Crippen molar-refractivity contribution in [3.8, 4) is 5.75 Å². The van der Waals surface area contributed by atoms with Gasteiger partial charge in [-0.15, -0.1) is 11.3 Å². The van der Waals surface area contributed by atoms with E-state index in [1.807, 2.05) is 37.2 Å². The second kappa shape index (κ2) is 9.60. The zero-order valence-electron chi connectivity index (χ0n) is 16.4. The Morgan fingerprint density at radius 3 is 2.78 bits per heavy atom. The van der Waals surface area contributed by atoms with Crippen LogP contribution in [0.25, 0.3) is 0 Å². The summed E-state index contributed by atoms with van der Waals surface area (Å²) in [7, 11) is 4.01. The Labute approximate surface area is 165 Å². The smallest absolute Gasteiger partial charge is 0.191 e. The molecule has 0 atom stereocenters. The van der Waals surface area contributed by atoms with E-state index >= 15 is 0 Å². The van der Waals surface area contributed by atoms with Crippen LogP contribution >= 0.6 is 11.3 Å². The maximum atomic E-state index is 6.10. The molecule has 1 heterocycles. The van der Waals surface area contributed by atoms with Gasteiger partial charge in [0.1, 0.15) is 5.75 Å². The maximum Gasteiger partial charge on any atom is 0.191 e. The van der Waals surface area contributed by atoms with E-state index in [9.17, 15) is 0 Å². The molecule has 1 aromatic heterocycles. The molecule has 1 saturated carbocycles. The number of ether oxygens (including phenoxy) is 1. The highest BCUT2D eigenvalue weighted by Gasteiger charge is 2.20. The lowest BCUT2D eigenvalue weighted by molar-refractivity contribution is 0.119. The lowest BCUT2D eigenvalue weighted by Gasteiger charge is -2.27. The number of para-hydroxylation sites is 1. The molecule has 0 saturated heterocycles. The van der Waals surface area contributed by atoms with Gasteiger partial charge in [-0.05, 0) is 32.3 Å². The van der Waals surface area contributed by atoms with Crippen molar-refractivity contribution in [2.75, 3.05) is 25.5 Å². The minimum absolute atomic E-state index is 0.372. The summed E-state index contributed by atoms with van der Waals surface area (Å²) in [6.45, 7) is 4.11. The van der Waals surface area contributed by atoms with Crippen molar-refractivity contribution >= 4 is 22.4 Å². The van der Waals surface area contributed by atoms with Crippen molar-refractivity contribution < 1.29 is 4.74 Å². The summed E-state index contributed by atoms with van der Waals surface area (Å²) in [4.78, 5) is 11.4. The highest BCUT2D eigenvalue weighted by Crippen LogP contribution is 2.27. The molecular formula is C20H29N5OS. The molecule has 3 rings (SSSR count). The van der Waals surface area contributed by atoms with Gasteiger partial charge in [0, 0.05) is 31.6 Å². The molecule has 1 fully saturated rings. The number of guanidine groups is 1. The van der Waals surface area contributed by atoms with Gasteiger partial charge in [0.25, 0.3) is 0 Å². The molecule has 0 bridgehead atoms. The fourth-order valence-corrected chi connectivity index (χ4v) is 3.44. The van der Waals surface area contributed by atoms with Gasteiger partial charge < -0.3 is 20.3 Å². The lowest BCUT2D eigenvalue weighted by atomic mass is 9.96. The van der Waals surface area contributed by atoms with Gasteiger partial charge in [-0.2, -0.15) is 0 Å². The summed E-state index contributed by atoms with van der Waals surface area (Å²) in [5, 5.41) is 9.75. The first-order valence-corrected chi connectivity index (χ1v) is 10.4. The van der Waals surface area contributed by atoms with E-state index in [0.29, 0.717) is 19.2 Å². The van der Waals surface area contributed by atoms with Crippen LogP contribution in [-0.2, 0) is 13.1 Å². The third kappa shape index (κ3) is 5.60. The fraction of sp³-hybridized carbons (Fsp3) is 0.500. The Morgan fingerprint density at radius 1 is 1.30 bits per heavy atom. The van der Waals surface area contributed by atoms with Gasteiger partial charge in [-0.25, -0.2) is 9.98 Å². The second-order valence-corrected chi connectivity index (χ2v) is 7.68. The van der Waals surface area contributed by atoms with E-state index in [0.717, 1.165) is 47.5 Å². The van der Waals surface area contributed by atoms with E-state index in [1.165, 1.54) is 6.42 Å². The Hall–Kier alpha value is -2.28. The van der Waals surface area contributed by atoms with Crippen LogP contribution in [0.15, 0.2) is 34.6 Å². The Kier molecular flexibility index (Phi) is 6.92. The molecular weight excluding hydrogens is 358 g/mol. The number of benzene rings is 1. The highest BCUT2D eigenvalue weighted by molar-refractivity contribution is 7.13. The lowest BCUT2D eigenvalue weighted by Crippen LogP contribution is -2.36. The first kappa shape index (κ1) is 19.5. The quantitative estimate of drug-likeness (QED) is 0.537. The molecule has 27 heavy (non-hydrogen) atoms. The normalized spacial score (nSPS) is 14.6. The zero-order chi connectivity index (χ0) is 19.1. The maximum absolute atomic E-state index is 6.10. The minimum atomic E-state index is 0.372. The number of nitrogens with zero attached hydrogens (tertiary/aromatic N) is 3. The van der Waals surface area contributed by atoms with Crippen LogP contribution in [0.2, 0.25) is 0 Å². The highest BCUT2D eigenvalue weighted by atomic mass is 32.1. The van der Waals surface area contributed by atoms with Crippen LogP contribution in [0.4, 0.5) is 5.13 Å². The van der Waals surface area contributed by atoms with Crippen LogP contribution in [0.3, 0.4) is 0 Å². The Morgan fingerprint density at radius 2 is 2.11 bits per heavy atom. The number of hydrogen-bond acceptors (Lipinski definition) is 5. The van der Waals surface area contributed by atoms with Crippen molar-refractivity contribution in [3.63, 3.8) is 0 Å². The van der Waals surface area contributed by atoms with Gasteiger partial charge in [-0.1, -0.05) is 18.2 Å². The molecule has 146 valence electrons. The topological polar surface area (TPSA) is 61.8 Å². The number of hydrogen-bond donors (Lipinski definition) is 2. The molecule has 6 nitrogen and oxygen atoms in total. The number of aromatic nitrogens is 1. The van der Waals surface area contributed by atoms with Crippen LogP contribution in [-0.4, -0.2) is 37.7 Å². The standard InChI is InChI=1S/C20H29N5OS/c1-4-21-19(23-13-16-14-27-20(24-16)25(2)3)22-12-15-8-5-6-11-18(15)26-17-9-7-10-17/h5-6,8,11,14,17H,4,7,9-10,12-13H2,1-3H3,(H2,21,22,23). The first-order valence-electron chi connectivity index (χ1n) is 9.54. The number of nitrogens with one attached hydrogen (secondary N) is 2. The van der Waals surface area contributed by atoms with Crippen molar-refractivity contribution in [2.45, 2.75) is 45.4 Å². The van der Waals surface area contributed by atoms with Crippen LogP contribution in [0.1, 0.15) is 37.4 Å². The summed E-state index contributed by atoms with van der Waals surface area (Å²) in [5.41, 5.74) is 2.13. The Bertz CT molecular complexity index is 754. The van der Waals surface area contributed by atoms with Gasteiger partial charge in [0.05, 0.1) is 24.9 Å².